The van der Waals surface area contributed by atoms with Gasteiger partial charge < -0.3 is 10.6 Å². The van der Waals surface area contributed by atoms with Crippen molar-refractivity contribution in [2.24, 2.45) is 11.7 Å². The molecule has 2 N–H and O–H groups in total. The van der Waals surface area contributed by atoms with Crippen LogP contribution in [0.15, 0.2) is 54.6 Å². The number of hydrogen-bond acceptors (Lipinski definition) is 2. The van der Waals surface area contributed by atoms with Crippen LogP contribution in [0.2, 0.25) is 0 Å². The summed E-state index contributed by atoms with van der Waals surface area (Å²) in [4.78, 5) is 14.8. The van der Waals surface area contributed by atoms with Crippen molar-refractivity contribution < 1.29 is 4.79 Å². The molecule has 140 valence electrons. The Balaban J connectivity index is 0.00000243. The third-order valence-corrected chi connectivity index (χ3v) is 5.16. The molecule has 1 aliphatic rings. The summed E-state index contributed by atoms with van der Waals surface area (Å²) in [7, 11) is 0. The zero-order chi connectivity index (χ0) is 17.5. The zero-order valence-electron chi connectivity index (χ0n) is 15.3. The fourth-order valence-electron chi connectivity index (χ4n) is 3.69. The van der Waals surface area contributed by atoms with Crippen molar-refractivity contribution in [1.82, 2.24) is 4.90 Å². The predicted octanol–water partition coefficient (Wildman–Crippen LogP) is 4.44. The van der Waals surface area contributed by atoms with E-state index < -0.39 is 0 Å². The van der Waals surface area contributed by atoms with E-state index in [1.807, 2.05) is 29.2 Å². The highest BCUT2D eigenvalue weighted by molar-refractivity contribution is 5.94. The number of hydrogen-bond donors (Lipinski definition) is 1. The first-order valence-electron chi connectivity index (χ1n) is 9.38. The molecule has 3 rings (SSSR count). The summed E-state index contributed by atoms with van der Waals surface area (Å²) in [6.45, 7) is 2.29. The summed E-state index contributed by atoms with van der Waals surface area (Å²) in [5.41, 5.74) is 8.88. The number of aryl methyl sites for hydroxylation is 1. The van der Waals surface area contributed by atoms with Gasteiger partial charge in [0.25, 0.3) is 5.91 Å². The molecular weight excluding hydrogens is 344 g/mol. The highest BCUT2D eigenvalue weighted by Crippen LogP contribution is 2.23. The lowest BCUT2D eigenvalue weighted by Crippen LogP contribution is -2.39. The number of carbonyl (C=O) groups is 1. The molecular formula is C22H29ClN2O. The van der Waals surface area contributed by atoms with Gasteiger partial charge in [-0.3, -0.25) is 4.79 Å². The van der Waals surface area contributed by atoms with Crippen LogP contribution in [0.3, 0.4) is 0 Å². The average Bonchev–Trinajstić information content (AvgIpc) is 2.68. The fourth-order valence-corrected chi connectivity index (χ4v) is 3.69. The van der Waals surface area contributed by atoms with Gasteiger partial charge in [-0.25, -0.2) is 0 Å². The Kier molecular flexibility index (Phi) is 8.14. The fraction of sp³-hybridized carbons (Fsp3) is 0.409. The Bertz CT molecular complexity index is 672. The standard InChI is InChI=1S/C22H28N2O.ClH/c23-16-19-11-13-21(14-12-19)22(25)24-15-5-10-20(17-24)9-4-8-18-6-2-1-3-7-18;/h1-3,6-7,11-14,20H,4-5,8-10,15-17,23H2;1H. The Morgan fingerprint density at radius 1 is 1.04 bits per heavy atom. The van der Waals surface area contributed by atoms with Gasteiger partial charge in [0.15, 0.2) is 0 Å². The van der Waals surface area contributed by atoms with E-state index in [0.29, 0.717) is 12.5 Å². The quantitative estimate of drug-likeness (QED) is 0.814. The van der Waals surface area contributed by atoms with Crippen molar-refractivity contribution in [3.05, 3.63) is 71.3 Å². The second-order valence-corrected chi connectivity index (χ2v) is 7.04. The van der Waals surface area contributed by atoms with E-state index in [-0.39, 0.29) is 18.3 Å². The van der Waals surface area contributed by atoms with E-state index in [1.165, 1.54) is 24.8 Å². The molecule has 1 amide bonds. The molecule has 1 aliphatic heterocycles. The molecule has 1 atom stereocenters. The topological polar surface area (TPSA) is 46.3 Å². The van der Waals surface area contributed by atoms with Gasteiger partial charge >= 0.3 is 0 Å². The maximum atomic E-state index is 12.7. The summed E-state index contributed by atoms with van der Waals surface area (Å²) in [6, 6.07) is 18.4. The van der Waals surface area contributed by atoms with Gasteiger partial charge in [0.05, 0.1) is 0 Å². The molecule has 1 saturated heterocycles. The summed E-state index contributed by atoms with van der Waals surface area (Å²) >= 11 is 0. The first-order valence-corrected chi connectivity index (χ1v) is 9.38. The molecule has 4 heteroatoms. The molecule has 26 heavy (non-hydrogen) atoms. The SMILES string of the molecule is Cl.NCc1ccc(C(=O)N2CCCC(CCCc3ccccc3)C2)cc1. The minimum absolute atomic E-state index is 0. The number of rotatable bonds is 6. The van der Waals surface area contributed by atoms with Crippen molar-refractivity contribution in [2.45, 2.75) is 38.6 Å². The van der Waals surface area contributed by atoms with Gasteiger partial charge in [-0.15, -0.1) is 12.4 Å². The van der Waals surface area contributed by atoms with Crippen molar-refractivity contribution in [2.75, 3.05) is 13.1 Å². The van der Waals surface area contributed by atoms with Gasteiger partial charge in [-0.2, -0.15) is 0 Å². The number of halogens is 1. The number of nitrogens with two attached hydrogens (primary N) is 1. The summed E-state index contributed by atoms with van der Waals surface area (Å²) in [5, 5.41) is 0. The van der Waals surface area contributed by atoms with Crippen LogP contribution in [0.4, 0.5) is 0 Å². The molecule has 2 aromatic rings. The van der Waals surface area contributed by atoms with Crippen molar-refractivity contribution in [3.8, 4) is 0 Å². The lowest BCUT2D eigenvalue weighted by atomic mass is 9.91. The maximum Gasteiger partial charge on any atom is 0.253 e. The zero-order valence-corrected chi connectivity index (χ0v) is 16.1. The third-order valence-electron chi connectivity index (χ3n) is 5.16. The largest absolute Gasteiger partial charge is 0.338 e. The second-order valence-electron chi connectivity index (χ2n) is 7.04. The van der Waals surface area contributed by atoms with Gasteiger partial charge in [-0.05, 0) is 61.3 Å². The normalized spacial score (nSPS) is 16.8. The van der Waals surface area contributed by atoms with E-state index in [1.54, 1.807) is 0 Å². The number of piperidine rings is 1. The van der Waals surface area contributed by atoms with Crippen LogP contribution in [0.1, 0.15) is 47.2 Å². The molecule has 1 heterocycles. The van der Waals surface area contributed by atoms with Gasteiger partial charge in [0, 0.05) is 25.2 Å². The molecule has 0 spiro atoms. The number of amides is 1. The van der Waals surface area contributed by atoms with Crippen molar-refractivity contribution >= 4 is 18.3 Å². The highest BCUT2D eigenvalue weighted by atomic mass is 35.5. The van der Waals surface area contributed by atoms with Crippen LogP contribution in [0.25, 0.3) is 0 Å². The third kappa shape index (κ3) is 5.58. The van der Waals surface area contributed by atoms with Crippen molar-refractivity contribution in [1.29, 1.82) is 0 Å². The van der Waals surface area contributed by atoms with Gasteiger partial charge in [0.1, 0.15) is 0 Å². The minimum Gasteiger partial charge on any atom is -0.338 e. The summed E-state index contributed by atoms with van der Waals surface area (Å²) in [5.74, 6) is 0.793. The second kappa shape index (κ2) is 10.3. The van der Waals surface area contributed by atoms with E-state index >= 15 is 0 Å². The van der Waals surface area contributed by atoms with Gasteiger partial charge in [0.2, 0.25) is 0 Å². The molecule has 1 unspecified atom stereocenters. The number of benzene rings is 2. The molecule has 0 radical (unpaired) electrons. The monoisotopic (exact) mass is 372 g/mol. The van der Waals surface area contributed by atoms with Crippen LogP contribution in [-0.2, 0) is 13.0 Å². The van der Waals surface area contributed by atoms with E-state index in [9.17, 15) is 4.79 Å². The van der Waals surface area contributed by atoms with E-state index in [2.05, 4.69) is 30.3 Å². The number of carbonyl (C=O) groups excluding carboxylic acids is 1. The predicted molar refractivity (Wildman–Crippen MR) is 110 cm³/mol. The highest BCUT2D eigenvalue weighted by Gasteiger charge is 2.24. The summed E-state index contributed by atoms with van der Waals surface area (Å²) < 4.78 is 0. The minimum atomic E-state index is 0. The lowest BCUT2D eigenvalue weighted by Gasteiger charge is -2.33. The Morgan fingerprint density at radius 3 is 2.46 bits per heavy atom. The van der Waals surface area contributed by atoms with E-state index in [0.717, 1.165) is 37.1 Å². The lowest BCUT2D eigenvalue weighted by molar-refractivity contribution is 0.0667. The molecule has 1 fully saturated rings. The van der Waals surface area contributed by atoms with E-state index in [4.69, 9.17) is 5.73 Å². The first-order chi connectivity index (χ1) is 12.3. The Labute approximate surface area is 163 Å². The molecule has 0 saturated carbocycles. The molecule has 3 nitrogen and oxygen atoms in total. The Morgan fingerprint density at radius 2 is 1.77 bits per heavy atom. The summed E-state index contributed by atoms with van der Waals surface area (Å²) in [6.07, 6.45) is 5.88. The number of nitrogens with zero attached hydrogens (tertiary/aromatic N) is 1. The average molecular weight is 373 g/mol. The molecule has 2 aromatic carbocycles. The number of likely N-dealkylation sites (tertiary alicyclic amines) is 1. The van der Waals surface area contributed by atoms with Crippen LogP contribution in [-0.4, -0.2) is 23.9 Å². The van der Waals surface area contributed by atoms with Crippen LogP contribution < -0.4 is 5.73 Å². The van der Waals surface area contributed by atoms with Crippen LogP contribution in [0, 0.1) is 5.92 Å². The maximum absolute atomic E-state index is 12.7. The smallest absolute Gasteiger partial charge is 0.253 e. The van der Waals surface area contributed by atoms with Crippen LogP contribution in [0.5, 0.6) is 0 Å². The Hall–Kier alpha value is -1.84. The van der Waals surface area contributed by atoms with Gasteiger partial charge in [-0.1, -0.05) is 42.5 Å². The van der Waals surface area contributed by atoms with Crippen LogP contribution >= 0.6 is 12.4 Å². The molecule has 0 bridgehead atoms. The first kappa shape index (κ1) is 20.5. The molecule has 0 aliphatic carbocycles. The van der Waals surface area contributed by atoms with Crippen molar-refractivity contribution in [3.63, 3.8) is 0 Å². The molecule has 0 aromatic heterocycles.